The number of allylic oxidation sites excluding steroid dienone is 5. The van der Waals surface area contributed by atoms with Gasteiger partial charge in [0, 0.05) is 19.2 Å². The molecule has 0 saturated carbocycles. The lowest BCUT2D eigenvalue weighted by Crippen LogP contribution is -2.04. The molecule has 0 bridgehead atoms. The predicted octanol–water partition coefficient (Wildman–Crippen LogP) is 2.00. The third-order valence-electron chi connectivity index (χ3n) is 1.58. The fourth-order valence-electron chi connectivity index (χ4n) is 0.982. The summed E-state index contributed by atoms with van der Waals surface area (Å²) in [5.41, 5.74) is 2.68. The van der Waals surface area contributed by atoms with Crippen LogP contribution in [0.3, 0.4) is 0 Å². The molecule has 1 heteroatoms. The van der Waals surface area contributed by atoms with Crippen LogP contribution in [0.4, 0.5) is 0 Å². The smallest absolute Gasteiger partial charge is 0.0145 e. The maximum absolute atomic E-state index is 3.14. The topological polar surface area (TPSA) is 12.0 Å². The van der Waals surface area contributed by atoms with E-state index in [9.17, 15) is 0 Å². The predicted molar refractivity (Wildman–Crippen MR) is 44.7 cm³/mol. The van der Waals surface area contributed by atoms with Gasteiger partial charge in [0.1, 0.15) is 0 Å². The second-order valence-corrected chi connectivity index (χ2v) is 2.52. The van der Waals surface area contributed by atoms with Crippen LogP contribution in [0.15, 0.2) is 35.6 Å². The number of rotatable bonds is 1. The van der Waals surface area contributed by atoms with E-state index in [0.717, 1.165) is 6.42 Å². The van der Waals surface area contributed by atoms with Crippen LogP contribution in [0, 0.1) is 0 Å². The van der Waals surface area contributed by atoms with E-state index in [2.05, 4.69) is 36.5 Å². The Morgan fingerprint density at radius 3 is 2.70 bits per heavy atom. The first kappa shape index (κ1) is 7.13. The first-order valence-electron chi connectivity index (χ1n) is 3.53. The second kappa shape index (κ2) is 3.25. The molecule has 1 aliphatic rings. The molecule has 54 valence electrons. The summed E-state index contributed by atoms with van der Waals surface area (Å²) >= 11 is 0. The highest BCUT2D eigenvalue weighted by atomic mass is 14.8. The van der Waals surface area contributed by atoms with Crippen LogP contribution in [0.2, 0.25) is 0 Å². The SMILES string of the molecule is CNC1=CC=CC=C(C)C1. The van der Waals surface area contributed by atoms with E-state index in [4.69, 9.17) is 0 Å². The molecule has 1 aliphatic carbocycles. The van der Waals surface area contributed by atoms with E-state index in [1.165, 1.54) is 11.3 Å². The Morgan fingerprint density at radius 2 is 2.00 bits per heavy atom. The van der Waals surface area contributed by atoms with Gasteiger partial charge in [-0.2, -0.15) is 0 Å². The molecular weight excluding hydrogens is 122 g/mol. The van der Waals surface area contributed by atoms with Gasteiger partial charge in [0.15, 0.2) is 0 Å². The molecule has 0 aromatic carbocycles. The van der Waals surface area contributed by atoms with Crippen molar-refractivity contribution < 1.29 is 0 Å². The van der Waals surface area contributed by atoms with Crippen LogP contribution >= 0.6 is 0 Å². The van der Waals surface area contributed by atoms with Crippen LogP contribution < -0.4 is 5.32 Å². The Bertz CT molecular complexity index is 197. The Kier molecular flexibility index (Phi) is 2.32. The molecule has 0 fully saturated rings. The van der Waals surface area contributed by atoms with Crippen molar-refractivity contribution in [2.24, 2.45) is 0 Å². The van der Waals surface area contributed by atoms with Gasteiger partial charge in [-0.25, -0.2) is 0 Å². The molecule has 0 saturated heterocycles. The number of hydrogen-bond donors (Lipinski definition) is 1. The van der Waals surface area contributed by atoms with Gasteiger partial charge >= 0.3 is 0 Å². The van der Waals surface area contributed by atoms with E-state index in [0.29, 0.717) is 0 Å². The first-order chi connectivity index (χ1) is 4.83. The lowest BCUT2D eigenvalue weighted by atomic mass is 10.2. The Hall–Kier alpha value is -0.980. The van der Waals surface area contributed by atoms with Crippen molar-refractivity contribution in [3.8, 4) is 0 Å². The molecule has 0 radical (unpaired) electrons. The number of hydrogen-bond acceptors (Lipinski definition) is 1. The van der Waals surface area contributed by atoms with Crippen LogP contribution in [-0.4, -0.2) is 7.05 Å². The molecule has 1 N–H and O–H groups in total. The van der Waals surface area contributed by atoms with Gasteiger partial charge in [-0.1, -0.05) is 23.8 Å². The highest BCUT2D eigenvalue weighted by Gasteiger charge is 1.95. The highest BCUT2D eigenvalue weighted by molar-refractivity contribution is 5.26. The van der Waals surface area contributed by atoms with Crippen molar-refractivity contribution in [2.75, 3.05) is 7.05 Å². The molecule has 0 amide bonds. The fraction of sp³-hybridized carbons (Fsp3) is 0.333. The average Bonchev–Trinajstić information content (AvgIpc) is 2.13. The summed E-state index contributed by atoms with van der Waals surface area (Å²) in [6.45, 7) is 2.14. The van der Waals surface area contributed by atoms with Gasteiger partial charge in [0.25, 0.3) is 0 Å². The molecule has 0 aromatic heterocycles. The molecular formula is C9H13N. The molecule has 0 heterocycles. The molecule has 1 nitrogen and oxygen atoms in total. The lowest BCUT2D eigenvalue weighted by molar-refractivity contribution is 0.915. The van der Waals surface area contributed by atoms with Gasteiger partial charge in [-0.05, 0) is 13.0 Å². The van der Waals surface area contributed by atoms with Gasteiger partial charge in [0.2, 0.25) is 0 Å². The fourth-order valence-corrected chi connectivity index (χ4v) is 0.982. The molecule has 0 atom stereocenters. The van der Waals surface area contributed by atoms with Gasteiger partial charge in [-0.3, -0.25) is 0 Å². The average molecular weight is 135 g/mol. The Morgan fingerprint density at radius 1 is 1.30 bits per heavy atom. The quantitative estimate of drug-likeness (QED) is 0.580. The van der Waals surface area contributed by atoms with Crippen LogP contribution in [0.5, 0.6) is 0 Å². The molecule has 10 heavy (non-hydrogen) atoms. The molecule has 0 unspecified atom stereocenters. The van der Waals surface area contributed by atoms with Gasteiger partial charge in [0.05, 0.1) is 0 Å². The zero-order valence-electron chi connectivity index (χ0n) is 6.52. The van der Waals surface area contributed by atoms with Gasteiger partial charge < -0.3 is 5.32 Å². The van der Waals surface area contributed by atoms with E-state index >= 15 is 0 Å². The summed E-state index contributed by atoms with van der Waals surface area (Å²) in [5.74, 6) is 0. The van der Waals surface area contributed by atoms with Crippen molar-refractivity contribution in [1.29, 1.82) is 0 Å². The van der Waals surface area contributed by atoms with Crippen molar-refractivity contribution >= 4 is 0 Å². The summed E-state index contributed by atoms with van der Waals surface area (Å²) < 4.78 is 0. The normalized spacial score (nSPS) is 17.4. The minimum Gasteiger partial charge on any atom is -0.391 e. The third kappa shape index (κ3) is 1.76. The van der Waals surface area contributed by atoms with Crippen molar-refractivity contribution in [3.63, 3.8) is 0 Å². The summed E-state index contributed by atoms with van der Waals surface area (Å²) in [4.78, 5) is 0. The maximum atomic E-state index is 3.14. The lowest BCUT2D eigenvalue weighted by Gasteiger charge is -2.03. The molecule has 0 aromatic rings. The monoisotopic (exact) mass is 135 g/mol. The van der Waals surface area contributed by atoms with Crippen molar-refractivity contribution in [3.05, 3.63) is 35.6 Å². The molecule has 0 aliphatic heterocycles. The van der Waals surface area contributed by atoms with Gasteiger partial charge in [-0.15, -0.1) is 0 Å². The Balaban J connectivity index is 2.72. The second-order valence-electron chi connectivity index (χ2n) is 2.52. The number of nitrogens with one attached hydrogen (secondary N) is 1. The van der Waals surface area contributed by atoms with E-state index in [1.54, 1.807) is 0 Å². The standard InChI is InChI=1S/C9H13N/c1-8-5-3-4-6-9(7-8)10-2/h3-6,10H,7H2,1-2H3. The third-order valence-corrected chi connectivity index (χ3v) is 1.58. The summed E-state index contributed by atoms with van der Waals surface area (Å²) in [6, 6.07) is 0. The zero-order chi connectivity index (χ0) is 7.40. The minimum atomic E-state index is 1.05. The van der Waals surface area contributed by atoms with E-state index < -0.39 is 0 Å². The summed E-state index contributed by atoms with van der Waals surface area (Å²) in [6.07, 6.45) is 9.42. The summed E-state index contributed by atoms with van der Waals surface area (Å²) in [7, 11) is 1.96. The van der Waals surface area contributed by atoms with E-state index in [-0.39, 0.29) is 0 Å². The highest BCUT2D eigenvalue weighted by Crippen LogP contribution is 2.10. The maximum Gasteiger partial charge on any atom is 0.0145 e. The minimum absolute atomic E-state index is 1.05. The largest absolute Gasteiger partial charge is 0.391 e. The van der Waals surface area contributed by atoms with Crippen LogP contribution in [0.25, 0.3) is 0 Å². The van der Waals surface area contributed by atoms with Crippen molar-refractivity contribution in [1.82, 2.24) is 5.32 Å². The first-order valence-corrected chi connectivity index (χ1v) is 3.53. The summed E-state index contributed by atoms with van der Waals surface area (Å²) in [5, 5.41) is 3.14. The molecule has 0 spiro atoms. The molecule has 1 rings (SSSR count). The zero-order valence-corrected chi connectivity index (χ0v) is 6.52. The van der Waals surface area contributed by atoms with E-state index in [1.807, 2.05) is 7.05 Å². The van der Waals surface area contributed by atoms with Crippen LogP contribution in [0.1, 0.15) is 13.3 Å². The van der Waals surface area contributed by atoms with Crippen molar-refractivity contribution in [2.45, 2.75) is 13.3 Å². The van der Waals surface area contributed by atoms with Crippen LogP contribution in [-0.2, 0) is 0 Å². The Labute approximate surface area is 62.1 Å².